The smallest absolute Gasteiger partial charge is 0.296 e. The average molecular weight is 489 g/mol. The Labute approximate surface area is 202 Å². The second kappa shape index (κ2) is 8.98. The van der Waals surface area contributed by atoms with Crippen molar-refractivity contribution in [1.29, 1.82) is 0 Å². The summed E-state index contributed by atoms with van der Waals surface area (Å²) in [5, 5.41) is 29.9. The molecule has 2 aromatic heterocycles. The first kappa shape index (κ1) is 23.3. The molecule has 0 amide bonds. The number of nitrogens with one attached hydrogen (secondary N) is 1. The first-order valence-corrected chi connectivity index (χ1v) is 11.8. The number of aromatic nitrogens is 3. The molecule has 182 valence electrons. The monoisotopic (exact) mass is 488 g/mol. The lowest BCUT2D eigenvalue weighted by Gasteiger charge is -2.46. The molecule has 1 aromatic carbocycles. The van der Waals surface area contributed by atoms with Gasteiger partial charge in [-0.15, -0.1) is 0 Å². The summed E-state index contributed by atoms with van der Waals surface area (Å²) in [6.07, 6.45) is -1.44. The summed E-state index contributed by atoms with van der Waals surface area (Å²) in [4.78, 5) is 14.4. The molecule has 3 atom stereocenters. The number of aliphatic hydroxyl groups excluding tert-OH is 2. The maximum atomic E-state index is 10.1. The Kier molecular flexibility index (Phi) is 6.16. The molecule has 2 fully saturated rings. The molecule has 0 unspecified atom stereocenters. The number of ether oxygens (including phenoxy) is 2. The molecular weight excluding hydrogens is 460 g/mol. The molecule has 2 aliphatic heterocycles. The van der Waals surface area contributed by atoms with Crippen molar-refractivity contribution in [1.82, 2.24) is 15.0 Å². The third-order valence-corrected chi connectivity index (χ3v) is 6.97. The number of fused-ring (bicyclic) bond motifs is 1. The highest BCUT2D eigenvalue weighted by atomic mass is 35.5. The Morgan fingerprint density at radius 2 is 1.97 bits per heavy atom. The van der Waals surface area contributed by atoms with Crippen LogP contribution >= 0.6 is 11.6 Å². The van der Waals surface area contributed by atoms with Crippen molar-refractivity contribution in [2.45, 2.75) is 44.2 Å². The zero-order valence-electron chi connectivity index (χ0n) is 19.1. The zero-order chi connectivity index (χ0) is 24.0. The van der Waals surface area contributed by atoms with Gasteiger partial charge in [0.1, 0.15) is 12.2 Å². The van der Waals surface area contributed by atoms with E-state index in [1.807, 2.05) is 38.1 Å². The number of hydrogen-bond acceptors (Lipinski definition) is 8. The van der Waals surface area contributed by atoms with Crippen molar-refractivity contribution in [3.8, 4) is 17.3 Å². The SMILES string of the molecule is CC(C)(O)C1CN(c2ccc(-c3nc4nc(O[C@H]5CO[C@H](CO)[C@@H](O)C5)[nH]c4cc3Cl)cc2)C1. The van der Waals surface area contributed by atoms with Gasteiger partial charge in [0.15, 0.2) is 5.65 Å². The molecule has 10 heteroatoms. The lowest BCUT2D eigenvalue weighted by atomic mass is 9.84. The Bertz CT molecular complexity index is 1160. The van der Waals surface area contributed by atoms with Gasteiger partial charge >= 0.3 is 0 Å². The van der Waals surface area contributed by atoms with Gasteiger partial charge in [0.2, 0.25) is 0 Å². The Morgan fingerprint density at radius 3 is 2.62 bits per heavy atom. The van der Waals surface area contributed by atoms with E-state index in [0.29, 0.717) is 28.3 Å². The molecular formula is C24H29ClN4O5. The van der Waals surface area contributed by atoms with Crippen molar-refractivity contribution in [2.24, 2.45) is 5.92 Å². The van der Waals surface area contributed by atoms with Crippen molar-refractivity contribution in [3.05, 3.63) is 35.4 Å². The van der Waals surface area contributed by atoms with Crippen molar-refractivity contribution in [2.75, 3.05) is 31.2 Å². The van der Waals surface area contributed by atoms with E-state index in [4.69, 9.17) is 21.1 Å². The summed E-state index contributed by atoms with van der Waals surface area (Å²) in [6, 6.07) is 10.1. The molecule has 0 saturated carbocycles. The largest absolute Gasteiger partial charge is 0.459 e. The lowest BCUT2D eigenvalue weighted by molar-refractivity contribution is -0.131. The van der Waals surface area contributed by atoms with E-state index in [9.17, 15) is 15.3 Å². The highest BCUT2D eigenvalue weighted by Crippen LogP contribution is 2.34. The molecule has 34 heavy (non-hydrogen) atoms. The summed E-state index contributed by atoms with van der Waals surface area (Å²) >= 11 is 6.53. The molecule has 5 rings (SSSR count). The van der Waals surface area contributed by atoms with Crippen LogP contribution in [0.15, 0.2) is 30.3 Å². The normalized spacial score (nSPS) is 23.8. The summed E-state index contributed by atoms with van der Waals surface area (Å²) in [5.41, 5.74) is 3.04. The van der Waals surface area contributed by atoms with Gasteiger partial charge in [0, 0.05) is 36.7 Å². The number of aliphatic hydroxyl groups is 3. The third-order valence-electron chi connectivity index (χ3n) is 6.68. The van der Waals surface area contributed by atoms with E-state index < -0.39 is 23.9 Å². The van der Waals surface area contributed by atoms with E-state index in [0.717, 1.165) is 24.3 Å². The lowest BCUT2D eigenvalue weighted by Crippen LogP contribution is -2.55. The quantitative estimate of drug-likeness (QED) is 0.417. The predicted octanol–water partition coefficient (Wildman–Crippen LogP) is 2.37. The number of imidazole rings is 1. The highest BCUT2D eigenvalue weighted by molar-refractivity contribution is 6.33. The van der Waals surface area contributed by atoms with Crippen LogP contribution < -0.4 is 9.64 Å². The number of H-pyrrole nitrogens is 1. The number of anilines is 1. The van der Waals surface area contributed by atoms with Gasteiger partial charge < -0.3 is 34.7 Å². The van der Waals surface area contributed by atoms with E-state index in [2.05, 4.69) is 19.9 Å². The molecule has 0 spiro atoms. The molecule has 0 aliphatic carbocycles. The minimum absolute atomic E-state index is 0.232. The van der Waals surface area contributed by atoms with Gasteiger partial charge in [0.05, 0.1) is 41.2 Å². The first-order valence-electron chi connectivity index (χ1n) is 11.4. The Balaban J connectivity index is 1.29. The number of nitrogens with zero attached hydrogens (tertiary/aromatic N) is 3. The maximum Gasteiger partial charge on any atom is 0.296 e. The number of hydrogen-bond donors (Lipinski definition) is 4. The van der Waals surface area contributed by atoms with Gasteiger partial charge in [-0.05, 0) is 32.0 Å². The number of rotatable bonds is 6. The topological polar surface area (TPSA) is 124 Å². The predicted molar refractivity (Wildman–Crippen MR) is 128 cm³/mol. The molecule has 2 aliphatic rings. The molecule has 0 radical (unpaired) electrons. The molecule has 9 nitrogen and oxygen atoms in total. The molecule has 2 saturated heterocycles. The summed E-state index contributed by atoms with van der Waals surface area (Å²) in [5.74, 6) is 0.265. The van der Waals surface area contributed by atoms with Gasteiger partial charge in [-0.3, -0.25) is 0 Å². The van der Waals surface area contributed by atoms with Crippen LogP contribution in [0, 0.1) is 5.92 Å². The van der Waals surface area contributed by atoms with Gasteiger partial charge in [-0.1, -0.05) is 23.7 Å². The van der Waals surface area contributed by atoms with E-state index in [1.54, 1.807) is 6.07 Å². The van der Waals surface area contributed by atoms with E-state index in [-0.39, 0.29) is 25.1 Å². The zero-order valence-corrected chi connectivity index (χ0v) is 19.9. The van der Waals surface area contributed by atoms with Crippen LogP contribution in [0.1, 0.15) is 20.3 Å². The number of halogens is 1. The van der Waals surface area contributed by atoms with Crippen molar-refractivity contribution >= 4 is 28.5 Å². The Morgan fingerprint density at radius 1 is 1.24 bits per heavy atom. The standard InChI is InChI=1S/C24H29ClN4O5/c1-24(2,32)14-9-29(10-14)15-5-3-13(4-6-15)21-17(25)8-18-22(27-21)28-23(26-18)34-16-7-19(31)20(11-30)33-12-16/h3-6,8,14,16,19-20,30-32H,7,9-12H2,1-2H3,(H,26,27,28)/t16-,19+,20-/m1/s1. The first-order chi connectivity index (χ1) is 16.2. The fourth-order valence-electron chi connectivity index (χ4n) is 4.37. The highest BCUT2D eigenvalue weighted by Gasteiger charge is 2.37. The third kappa shape index (κ3) is 4.58. The van der Waals surface area contributed by atoms with Crippen LogP contribution in [-0.4, -0.2) is 80.5 Å². The molecule has 3 aromatic rings. The van der Waals surface area contributed by atoms with Crippen LogP contribution in [0.3, 0.4) is 0 Å². The van der Waals surface area contributed by atoms with Gasteiger partial charge in [-0.2, -0.15) is 4.98 Å². The van der Waals surface area contributed by atoms with Crippen LogP contribution in [-0.2, 0) is 4.74 Å². The van der Waals surface area contributed by atoms with Gasteiger partial charge in [0.25, 0.3) is 6.01 Å². The molecule has 4 N–H and O–H groups in total. The average Bonchev–Trinajstić information content (AvgIpc) is 3.12. The summed E-state index contributed by atoms with van der Waals surface area (Å²) < 4.78 is 11.3. The summed E-state index contributed by atoms with van der Waals surface area (Å²) in [7, 11) is 0. The number of aromatic amines is 1. The fourth-order valence-corrected chi connectivity index (χ4v) is 4.63. The molecule has 4 heterocycles. The van der Waals surface area contributed by atoms with Crippen molar-refractivity contribution in [3.63, 3.8) is 0 Å². The van der Waals surface area contributed by atoms with E-state index in [1.165, 1.54) is 0 Å². The van der Waals surface area contributed by atoms with Crippen molar-refractivity contribution < 1.29 is 24.8 Å². The number of pyridine rings is 1. The van der Waals surface area contributed by atoms with Gasteiger partial charge in [-0.25, -0.2) is 4.98 Å². The minimum atomic E-state index is -0.799. The van der Waals surface area contributed by atoms with Crippen LogP contribution in [0.5, 0.6) is 6.01 Å². The second-order valence-corrected chi connectivity index (χ2v) is 10.0. The maximum absolute atomic E-state index is 10.1. The molecule has 0 bridgehead atoms. The van der Waals surface area contributed by atoms with E-state index >= 15 is 0 Å². The number of benzene rings is 1. The minimum Gasteiger partial charge on any atom is -0.459 e. The van der Waals surface area contributed by atoms with Crippen LogP contribution in [0.25, 0.3) is 22.4 Å². The fraction of sp³-hybridized carbons (Fsp3) is 0.500. The Hall–Kier alpha value is -2.43. The summed E-state index contributed by atoms with van der Waals surface area (Å²) in [6.45, 7) is 5.38. The van der Waals surface area contributed by atoms with Crippen LogP contribution in [0.4, 0.5) is 5.69 Å². The second-order valence-electron chi connectivity index (χ2n) is 9.63. The van der Waals surface area contributed by atoms with Crippen LogP contribution in [0.2, 0.25) is 5.02 Å².